The third kappa shape index (κ3) is 4.15. The summed E-state index contributed by atoms with van der Waals surface area (Å²) in [7, 11) is 3.88. The minimum absolute atomic E-state index is 0.386. The number of thiazole rings is 1. The van der Waals surface area contributed by atoms with Crippen LogP contribution in [0.2, 0.25) is 0 Å². The van der Waals surface area contributed by atoms with Crippen LogP contribution in [0, 0.1) is 0 Å². The number of rotatable bonds is 7. The van der Waals surface area contributed by atoms with Crippen LogP contribution in [0.1, 0.15) is 10.8 Å². The summed E-state index contributed by atoms with van der Waals surface area (Å²) in [5.74, 6) is 0.880. The predicted octanol–water partition coefficient (Wildman–Crippen LogP) is 3.23. The van der Waals surface area contributed by atoms with Gasteiger partial charge >= 0.3 is 0 Å². The Morgan fingerprint density at radius 2 is 2.24 bits per heavy atom. The van der Waals surface area contributed by atoms with E-state index in [0.717, 1.165) is 10.0 Å². The normalized spacial score (nSPS) is 12.8. The Balaban J connectivity index is 1.77. The topological polar surface area (TPSA) is 71.6 Å². The van der Waals surface area contributed by atoms with Gasteiger partial charge in [-0.15, -0.1) is 0 Å². The lowest BCUT2D eigenvalue weighted by atomic mass is 10.3. The molecule has 1 aromatic carbocycles. The molecule has 2 heterocycles. The minimum atomic E-state index is -0.878. The highest BCUT2D eigenvalue weighted by atomic mass is 32.1. The summed E-state index contributed by atoms with van der Waals surface area (Å²) in [5, 5.41) is 9.92. The molecule has 0 bridgehead atoms. The number of hydrogen-bond donors (Lipinski definition) is 1. The van der Waals surface area contributed by atoms with Gasteiger partial charge in [0.05, 0.1) is 6.61 Å². The van der Waals surface area contributed by atoms with Crippen LogP contribution in [0.5, 0.6) is 5.75 Å². The van der Waals surface area contributed by atoms with E-state index in [1.54, 1.807) is 41.8 Å². The highest BCUT2D eigenvalue weighted by molar-refractivity contribution is 7.16. The number of ether oxygens (including phenoxy) is 1. The van der Waals surface area contributed by atoms with E-state index in [2.05, 4.69) is 9.97 Å². The summed E-state index contributed by atoms with van der Waals surface area (Å²) in [5.41, 5.74) is 1.21. The quantitative estimate of drug-likeness (QED) is 0.695. The van der Waals surface area contributed by atoms with E-state index in [1.165, 1.54) is 0 Å². The van der Waals surface area contributed by atoms with Gasteiger partial charge < -0.3 is 19.2 Å². The number of aliphatic hydroxyl groups excluding tert-OH is 1. The molecule has 0 aliphatic rings. The van der Waals surface area contributed by atoms with Crippen LogP contribution in [0.25, 0.3) is 23.3 Å². The lowest BCUT2D eigenvalue weighted by molar-refractivity contribution is 0.0932. The average molecular weight is 363 g/mol. The van der Waals surface area contributed by atoms with Crippen LogP contribution in [0.15, 0.2) is 28.8 Å². The summed E-state index contributed by atoms with van der Waals surface area (Å²) in [6, 6.07) is 5.03. The standard InChI is InChI=1S/C17H18FN3O3S/c1-21(2)17-19-9-13(25-17)4-6-16-20-14-5-3-11(7-15(14)24-16)23-12(8-18)10-22/h3-7,9,12,22H,8,10H2,1-2H3/b6-4+. The molecule has 25 heavy (non-hydrogen) atoms. The Morgan fingerprint density at radius 3 is 2.92 bits per heavy atom. The van der Waals surface area contributed by atoms with Gasteiger partial charge in [0.25, 0.3) is 0 Å². The number of anilines is 1. The van der Waals surface area contributed by atoms with Gasteiger partial charge in [0.2, 0.25) is 5.89 Å². The van der Waals surface area contributed by atoms with E-state index < -0.39 is 12.8 Å². The molecule has 0 saturated carbocycles. The molecule has 0 fully saturated rings. The Labute approximate surface area is 148 Å². The third-order valence-corrected chi connectivity index (χ3v) is 4.47. The Bertz CT molecular complexity index is 871. The van der Waals surface area contributed by atoms with Gasteiger partial charge in [-0.05, 0) is 18.2 Å². The molecule has 6 nitrogen and oxygen atoms in total. The monoisotopic (exact) mass is 363 g/mol. The first kappa shape index (κ1) is 17.4. The van der Waals surface area contributed by atoms with Crippen LogP contribution < -0.4 is 9.64 Å². The molecule has 1 unspecified atom stereocenters. The Hall–Kier alpha value is -2.45. The van der Waals surface area contributed by atoms with Crippen molar-refractivity contribution in [2.24, 2.45) is 0 Å². The van der Waals surface area contributed by atoms with E-state index in [9.17, 15) is 4.39 Å². The van der Waals surface area contributed by atoms with Gasteiger partial charge in [-0.2, -0.15) is 0 Å². The molecule has 0 aliphatic heterocycles. The number of benzene rings is 1. The van der Waals surface area contributed by atoms with Crippen LogP contribution >= 0.6 is 11.3 Å². The molecule has 0 saturated heterocycles. The summed E-state index contributed by atoms with van der Waals surface area (Å²) < 4.78 is 23.7. The van der Waals surface area contributed by atoms with Gasteiger partial charge in [-0.3, -0.25) is 0 Å². The van der Waals surface area contributed by atoms with Crippen molar-refractivity contribution in [1.29, 1.82) is 0 Å². The van der Waals surface area contributed by atoms with Crippen LogP contribution in [0.3, 0.4) is 0 Å². The molecule has 0 aliphatic carbocycles. The summed E-state index contributed by atoms with van der Waals surface area (Å²) >= 11 is 1.56. The number of oxazole rings is 1. The maximum atomic E-state index is 12.6. The minimum Gasteiger partial charge on any atom is -0.485 e. The number of aromatic nitrogens is 2. The highest BCUT2D eigenvalue weighted by Crippen LogP contribution is 2.25. The molecule has 2 aromatic heterocycles. The molecule has 0 radical (unpaired) electrons. The van der Waals surface area contributed by atoms with Gasteiger partial charge in [-0.25, -0.2) is 14.4 Å². The lowest BCUT2D eigenvalue weighted by Crippen LogP contribution is -2.23. The number of halogens is 1. The lowest BCUT2D eigenvalue weighted by Gasteiger charge is -2.12. The van der Waals surface area contributed by atoms with Gasteiger partial charge in [0.1, 0.15) is 24.0 Å². The third-order valence-electron chi connectivity index (χ3n) is 3.34. The van der Waals surface area contributed by atoms with E-state index in [4.69, 9.17) is 14.3 Å². The summed E-state index contributed by atoms with van der Waals surface area (Å²) in [6.07, 6.45) is 4.57. The maximum absolute atomic E-state index is 12.6. The highest BCUT2D eigenvalue weighted by Gasteiger charge is 2.11. The van der Waals surface area contributed by atoms with E-state index in [1.807, 2.05) is 25.1 Å². The molecule has 0 amide bonds. The number of alkyl halides is 1. The van der Waals surface area contributed by atoms with Crippen molar-refractivity contribution in [3.63, 3.8) is 0 Å². The van der Waals surface area contributed by atoms with E-state index in [0.29, 0.717) is 22.7 Å². The van der Waals surface area contributed by atoms with Crippen molar-refractivity contribution in [2.75, 3.05) is 32.3 Å². The molecule has 0 spiro atoms. The first-order valence-corrected chi connectivity index (χ1v) is 8.46. The zero-order valence-corrected chi connectivity index (χ0v) is 14.7. The fourth-order valence-electron chi connectivity index (χ4n) is 2.09. The van der Waals surface area contributed by atoms with Crippen molar-refractivity contribution in [3.8, 4) is 5.75 Å². The molecule has 1 atom stereocenters. The van der Waals surface area contributed by atoms with Crippen molar-refractivity contribution >= 4 is 39.7 Å². The molecular weight excluding hydrogens is 345 g/mol. The summed E-state index contributed by atoms with van der Waals surface area (Å²) in [4.78, 5) is 11.6. The van der Waals surface area contributed by atoms with Crippen molar-refractivity contribution < 1.29 is 18.7 Å². The van der Waals surface area contributed by atoms with E-state index >= 15 is 0 Å². The Kier molecular flexibility index (Phi) is 5.30. The average Bonchev–Trinajstić information content (AvgIpc) is 3.23. The SMILES string of the molecule is CN(C)c1ncc(/C=C/c2nc3ccc(OC(CO)CF)cc3o2)s1. The second kappa shape index (κ2) is 7.62. The fourth-order valence-corrected chi connectivity index (χ4v) is 2.83. The zero-order valence-electron chi connectivity index (χ0n) is 13.8. The van der Waals surface area contributed by atoms with Gasteiger partial charge in [0, 0.05) is 37.3 Å². The van der Waals surface area contributed by atoms with Crippen molar-refractivity contribution in [2.45, 2.75) is 6.10 Å². The van der Waals surface area contributed by atoms with Gasteiger partial charge in [0.15, 0.2) is 10.7 Å². The van der Waals surface area contributed by atoms with Crippen molar-refractivity contribution in [1.82, 2.24) is 9.97 Å². The molecule has 8 heteroatoms. The fraction of sp³-hybridized carbons (Fsp3) is 0.294. The predicted molar refractivity (Wildman–Crippen MR) is 96.9 cm³/mol. The Morgan fingerprint density at radius 1 is 1.40 bits per heavy atom. The maximum Gasteiger partial charge on any atom is 0.220 e. The second-order valence-corrected chi connectivity index (χ2v) is 6.57. The summed E-state index contributed by atoms with van der Waals surface area (Å²) in [6.45, 7) is -1.15. The number of aliphatic hydroxyl groups is 1. The van der Waals surface area contributed by atoms with Gasteiger partial charge in [-0.1, -0.05) is 11.3 Å². The molecule has 3 rings (SSSR count). The molecule has 3 aromatic rings. The molecule has 132 valence electrons. The first-order valence-electron chi connectivity index (χ1n) is 7.64. The van der Waals surface area contributed by atoms with Crippen LogP contribution in [0.4, 0.5) is 9.52 Å². The molecular formula is C17H18FN3O3S. The van der Waals surface area contributed by atoms with E-state index in [-0.39, 0.29) is 6.61 Å². The van der Waals surface area contributed by atoms with Crippen molar-refractivity contribution in [3.05, 3.63) is 35.2 Å². The van der Waals surface area contributed by atoms with Crippen LogP contribution in [-0.4, -0.2) is 48.6 Å². The molecule has 1 N–H and O–H groups in total. The second-order valence-electron chi connectivity index (χ2n) is 5.53. The first-order chi connectivity index (χ1) is 12.1. The number of fused-ring (bicyclic) bond motifs is 1. The number of hydrogen-bond acceptors (Lipinski definition) is 7. The smallest absolute Gasteiger partial charge is 0.220 e. The largest absolute Gasteiger partial charge is 0.485 e. The number of nitrogens with zero attached hydrogens (tertiary/aromatic N) is 3. The van der Waals surface area contributed by atoms with Crippen LogP contribution in [-0.2, 0) is 0 Å². The zero-order chi connectivity index (χ0) is 17.8.